The molecular formula is C11H17F3N2O2S. The maximum atomic E-state index is 12.2. The minimum Gasteiger partial charge on any atom is -0.340 e. The van der Waals surface area contributed by atoms with Crippen LogP contribution in [0.3, 0.4) is 0 Å². The summed E-state index contributed by atoms with van der Waals surface area (Å²) in [7, 11) is 0. The summed E-state index contributed by atoms with van der Waals surface area (Å²) >= 11 is -0.194. The number of thioether (sulfide) groups is 1. The third-order valence-electron chi connectivity index (χ3n) is 3.02. The summed E-state index contributed by atoms with van der Waals surface area (Å²) in [6, 6.07) is 0. The number of carbonyl (C=O) groups excluding carboxylic acids is 2. The zero-order chi connectivity index (χ0) is 15.1. The normalized spacial score (nSPS) is 22.4. The number of rotatable bonds is 3. The molecule has 1 fully saturated rings. The lowest BCUT2D eigenvalue weighted by molar-refractivity contribution is -0.159. The first-order valence-electron chi connectivity index (χ1n) is 5.73. The molecule has 1 N–H and O–H groups in total. The fraction of sp³-hybridized carbons (Fsp3) is 0.818. The molecule has 19 heavy (non-hydrogen) atoms. The van der Waals surface area contributed by atoms with Crippen LogP contribution in [0.4, 0.5) is 13.2 Å². The first kappa shape index (κ1) is 16.1. The van der Waals surface area contributed by atoms with Gasteiger partial charge in [-0.3, -0.25) is 9.59 Å². The van der Waals surface area contributed by atoms with Crippen LogP contribution in [0.25, 0.3) is 0 Å². The Morgan fingerprint density at radius 2 is 1.74 bits per heavy atom. The molecule has 1 saturated heterocycles. The second-order valence-electron chi connectivity index (χ2n) is 5.39. The number of piperazine rings is 1. The second-order valence-corrected chi connectivity index (χ2v) is 6.55. The van der Waals surface area contributed by atoms with Gasteiger partial charge in [0.25, 0.3) is 0 Å². The molecule has 0 aliphatic carbocycles. The van der Waals surface area contributed by atoms with Gasteiger partial charge < -0.3 is 10.2 Å². The van der Waals surface area contributed by atoms with Crippen LogP contribution in [-0.2, 0) is 9.59 Å². The van der Waals surface area contributed by atoms with Crippen LogP contribution in [0.5, 0.6) is 0 Å². The van der Waals surface area contributed by atoms with E-state index in [4.69, 9.17) is 0 Å². The number of nitrogens with zero attached hydrogens (tertiary/aromatic N) is 1. The van der Waals surface area contributed by atoms with Crippen molar-refractivity contribution in [3.63, 3.8) is 0 Å². The summed E-state index contributed by atoms with van der Waals surface area (Å²) < 4.78 is 36.3. The number of alkyl halides is 3. The summed E-state index contributed by atoms with van der Waals surface area (Å²) in [5, 5.41) is 2.57. The molecule has 0 radical (unpaired) electrons. The highest BCUT2D eigenvalue weighted by Gasteiger charge is 2.49. The number of carbonyl (C=O) groups is 2. The predicted molar refractivity (Wildman–Crippen MR) is 66.5 cm³/mol. The number of hydrogen-bond donors (Lipinski definition) is 1. The summed E-state index contributed by atoms with van der Waals surface area (Å²) in [5.41, 5.74) is -6.56. The van der Waals surface area contributed by atoms with Gasteiger partial charge in [-0.15, -0.1) is 0 Å². The molecule has 0 saturated carbocycles. The lowest BCUT2D eigenvalue weighted by Gasteiger charge is -2.47. The van der Waals surface area contributed by atoms with Crippen LogP contribution in [0.2, 0.25) is 0 Å². The van der Waals surface area contributed by atoms with Crippen LogP contribution < -0.4 is 5.32 Å². The molecule has 0 bridgehead atoms. The molecular weight excluding hydrogens is 281 g/mol. The Morgan fingerprint density at radius 3 is 2.21 bits per heavy atom. The molecule has 1 heterocycles. The van der Waals surface area contributed by atoms with Crippen LogP contribution in [0.1, 0.15) is 27.7 Å². The molecule has 4 nitrogen and oxygen atoms in total. The van der Waals surface area contributed by atoms with Crippen molar-refractivity contribution in [3.8, 4) is 0 Å². The number of hydrogen-bond acceptors (Lipinski definition) is 3. The summed E-state index contributed by atoms with van der Waals surface area (Å²) in [6.07, 6.45) is 0. The highest BCUT2D eigenvalue weighted by molar-refractivity contribution is 8.00. The smallest absolute Gasteiger partial charge is 0.340 e. The average molecular weight is 298 g/mol. The van der Waals surface area contributed by atoms with Gasteiger partial charge in [0.15, 0.2) is 0 Å². The minimum atomic E-state index is -4.33. The van der Waals surface area contributed by atoms with Gasteiger partial charge in [-0.2, -0.15) is 13.2 Å². The molecule has 0 atom stereocenters. The molecule has 110 valence electrons. The van der Waals surface area contributed by atoms with Crippen molar-refractivity contribution in [3.05, 3.63) is 0 Å². The molecule has 0 aromatic carbocycles. The first-order valence-corrected chi connectivity index (χ1v) is 6.72. The predicted octanol–water partition coefficient (Wildman–Crippen LogP) is 1.75. The number of nitrogens with one attached hydrogen (secondary N) is 1. The van der Waals surface area contributed by atoms with E-state index in [2.05, 4.69) is 5.32 Å². The lowest BCUT2D eigenvalue weighted by atomic mass is 9.90. The van der Waals surface area contributed by atoms with Crippen molar-refractivity contribution >= 4 is 23.6 Å². The van der Waals surface area contributed by atoms with E-state index < -0.39 is 16.6 Å². The Balaban J connectivity index is 2.82. The van der Waals surface area contributed by atoms with Gasteiger partial charge in [0.1, 0.15) is 11.1 Å². The molecule has 0 aromatic rings. The van der Waals surface area contributed by atoms with Gasteiger partial charge in [-0.25, -0.2) is 0 Å². The van der Waals surface area contributed by atoms with Crippen LogP contribution in [0.15, 0.2) is 0 Å². The standard InChI is InChI=1S/C11H17F3N2O2S/c1-9(2)8(18)16(5-6-19-11(12,13)14)10(3,4)7(17)15-9/h5-6H2,1-4H3,(H,15,17). The van der Waals surface area contributed by atoms with Crippen molar-refractivity contribution < 1.29 is 22.8 Å². The molecule has 0 aromatic heterocycles. The Labute approximate surface area is 114 Å². The van der Waals surface area contributed by atoms with Gasteiger partial charge in [0.2, 0.25) is 11.8 Å². The van der Waals surface area contributed by atoms with Crippen molar-refractivity contribution in [1.29, 1.82) is 0 Å². The van der Waals surface area contributed by atoms with E-state index in [1.54, 1.807) is 0 Å². The highest BCUT2D eigenvalue weighted by Crippen LogP contribution is 2.32. The van der Waals surface area contributed by atoms with Crippen molar-refractivity contribution in [2.24, 2.45) is 0 Å². The third kappa shape index (κ3) is 3.55. The van der Waals surface area contributed by atoms with Gasteiger partial charge in [-0.05, 0) is 39.5 Å². The summed E-state index contributed by atoms with van der Waals surface area (Å²) in [4.78, 5) is 25.3. The van der Waals surface area contributed by atoms with E-state index in [0.29, 0.717) is 0 Å². The average Bonchev–Trinajstić information content (AvgIpc) is 2.19. The maximum absolute atomic E-state index is 12.2. The van der Waals surface area contributed by atoms with E-state index in [-0.39, 0.29) is 35.9 Å². The van der Waals surface area contributed by atoms with Gasteiger partial charge in [0, 0.05) is 12.3 Å². The van der Waals surface area contributed by atoms with Crippen LogP contribution in [0, 0.1) is 0 Å². The molecule has 2 amide bonds. The van der Waals surface area contributed by atoms with Crippen LogP contribution in [-0.4, -0.2) is 45.6 Å². The largest absolute Gasteiger partial charge is 0.441 e. The molecule has 0 unspecified atom stereocenters. The van der Waals surface area contributed by atoms with E-state index in [9.17, 15) is 22.8 Å². The maximum Gasteiger partial charge on any atom is 0.441 e. The number of halogens is 3. The SMILES string of the molecule is CC1(C)NC(=O)C(C)(C)N(CCSC(F)(F)F)C1=O. The molecule has 1 rings (SSSR count). The molecule has 1 aliphatic heterocycles. The van der Waals surface area contributed by atoms with Gasteiger partial charge in [0.05, 0.1) is 0 Å². The zero-order valence-corrected chi connectivity index (χ0v) is 12.0. The minimum absolute atomic E-state index is 0.118. The summed E-state index contributed by atoms with van der Waals surface area (Å²) in [5.74, 6) is -1.03. The van der Waals surface area contributed by atoms with Gasteiger partial charge >= 0.3 is 5.51 Å². The second kappa shape index (κ2) is 4.88. The van der Waals surface area contributed by atoms with Crippen molar-refractivity contribution in [1.82, 2.24) is 10.2 Å². The topological polar surface area (TPSA) is 49.4 Å². The van der Waals surface area contributed by atoms with E-state index in [1.165, 1.54) is 32.6 Å². The van der Waals surface area contributed by atoms with Crippen LogP contribution >= 0.6 is 11.8 Å². The molecule has 8 heteroatoms. The quantitative estimate of drug-likeness (QED) is 0.863. The molecule has 0 spiro atoms. The third-order valence-corrected chi connectivity index (χ3v) is 3.73. The Morgan fingerprint density at radius 1 is 1.21 bits per heavy atom. The van der Waals surface area contributed by atoms with Crippen molar-refractivity contribution in [2.75, 3.05) is 12.3 Å². The van der Waals surface area contributed by atoms with E-state index in [1.807, 2.05) is 0 Å². The first-order chi connectivity index (χ1) is 8.38. The van der Waals surface area contributed by atoms with E-state index >= 15 is 0 Å². The summed E-state index contributed by atoms with van der Waals surface area (Å²) in [6.45, 7) is 5.99. The monoisotopic (exact) mass is 298 g/mol. The number of amides is 2. The highest BCUT2D eigenvalue weighted by atomic mass is 32.2. The zero-order valence-electron chi connectivity index (χ0n) is 11.2. The van der Waals surface area contributed by atoms with Gasteiger partial charge in [-0.1, -0.05) is 0 Å². The van der Waals surface area contributed by atoms with Crippen molar-refractivity contribution in [2.45, 2.75) is 44.3 Å². The fourth-order valence-electron chi connectivity index (χ4n) is 1.84. The Bertz CT molecular complexity index is 394. The fourth-order valence-corrected chi connectivity index (χ4v) is 2.34. The Hall–Kier alpha value is -0.920. The van der Waals surface area contributed by atoms with E-state index in [0.717, 1.165) is 0 Å². The molecule has 1 aliphatic rings. The lowest BCUT2D eigenvalue weighted by Crippen LogP contribution is -2.72. The Kier molecular flexibility index (Phi) is 4.15.